The summed E-state index contributed by atoms with van der Waals surface area (Å²) in [5, 5.41) is 2.88. The highest BCUT2D eigenvalue weighted by atomic mass is 16.5. The van der Waals surface area contributed by atoms with Crippen LogP contribution in [-0.2, 0) is 0 Å². The van der Waals surface area contributed by atoms with Crippen LogP contribution < -0.4 is 10.1 Å². The van der Waals surface area contributed by atoms with Gasteiger partial charge in [-0.2, -0.15) is 0 Å². The molecular weight excluding hydrogens is 354 g/mol. The van der Waals surface area contributed by atoms with E-state index in [0.717, 1.165) is 25.3 Å². The average Bonchev–Trinajstić information content (AvgIpc) is 2.73. The first-order valence-electron chi connectivity index (χ1n) is 9.69. The SMILES string of the molecule is CCCOc1ccc(C(=O)Nc2ccccc2C(=O)N2CCN(C)CC2)cc1. The quantitative estimate of drug-likeness (QED) is 0.835. The van der Waals surface area contributed by atoms with Gasteiger partial charge in [-0.1, -0.05) is 19.1 Å². The van der Waals surface area contributed by atoms with Crippen molar-refractivity contribution in [2.45, 2.75) is 13.3 Å². The highest BCUT2D eigenvalue weighted by Crippen LogP contribution is 2.20. The van der Waals surface area contributed by atoms with Crippen LogP contribution in [0.5, 0.6) is 5.75 Å². The van der Waals surface area contributed by atoms with Gasteiger partial charge in [-0.05, 0) is 49.9 Å². The minimum Gasteiger partial charge on any atom is -0.494 e. The molecule has 1 fully saturated rings. The molecule has 0 atom stereocenters. The molecule has 6 heteroatoms. The molecule has 148 valence electrons. The van der Waals surface area contributed by atoms with Gasteiger partial charge in [0.05, 0.1) is 17.9 Å². The predicted molar refractivity (Wildman–Crippen MR) is 110 cm³/mol. The number of likely N-dealkylation sites (N-methyl/N-ethyl adjacent to an activating group) is 1. The molecule has 1 N–H and O–H groups in total. The van der Waals surface area contributed by atoms with Crippen molar-refractivity contribution in [2.75, 3.05) is 45.2 Å². The first-order chi connectivity index (χ1) is 13.6. The molecule has 1 heterocycles. The van der Waals surface area contributed by atoms with Gasteiger partial charge < -0.3 is 19.9 Å². The Morgan fingerprint density at radius 2 is 1.68 bits per heavy atom. The smallest absolute Gasteiger partial charge is 0.256 e. The summed E-state index contributed by atoms with van der Waals surface area (Å²) in [5.74, 6) is 0.442. The Morgan fingerprint density at radius 3 is 2.36 bits per heavy atom. The van der Waals surface area contributed by atoms with Gasteiger partial charge in [0.25, 0.3) is 11.8 Å². The fourth-order valence-corrected chi connectivity index (χ4v) is 3.08. The number of carbonyl (C=O) groups is 2. The summed E-state index contributed by atoms with van der Waals surface area (Å²) >= 11 is 0. The fourth-order valence-electron chi connectivity index (χ4n) is 3.08. The molecule has 0 bridgehead atoms. The second-order valence-electron chi connectivity index (χ2n) is 6.97. The Balaban J connectivity index is 1.70. The van der Waals surface area contributed by atoms with E-state index in [4.69, 9.17) is 4.74 Å². The minimum atomic E-state index is -0.249. The Hall–Kier alpha value is -2.86. The first kappa shape index (κ1) is 19.9. The zero-order valence-electron chi connectivity index (χ0n) is 16.5. The molecule has 0 saturated carbocycles. The molecular formula is C22H27N3O3. The topological polar surface area (TPSA) is 61.9 Å². The number of benzene rings is 2. The fraction of sp³-hybridized carbons (Fsp3) is 0.364. The number of para-hydroxylation sites is 1. The molecule has 2 aromatic rings. The Morgan fingerprint density at radius 1 is 1.00 bits per heavy atom. The lowest BCUT2D eigenvalue weighted by atomic mass is 10.1. The van der Waals surface area contributed by atoms with Crippen LogP contribution in [0, 0.1) is 0 Å². The molecule has 0 spiro atoms. The highest BCUT2D eigenvalue weighted by molar-refractivity contribution is 6.09. The van der Waals surface area contributed by atoms with Gasteiger partial charge in [0, 0.05) is 31.7 Å². The van der Waals surface area contributed by atoms with E-state index in [1.165, 1.54) is 0 Å². The summed E-state index contributed by atoms with van der Waals surface area (Å²) in [7, 11) is 2.05. The molecule has 2 amide bonds. The zero-order valence-corrected chi connectivity index (χ0v) is 16.5. The average molecular weight is 381 g/mol. The molecule has 1 aliphatic rings. The van der Waals surface area contributed by atoms with Crippen molar-refractivity contribution in [1.29, 1.82) is 0 Å². The van der Waals surface area contributed by atoms with Crippen molar-refractivity contribution in [1.82, 2.24) is 9.80 Å². The molecule has 0 aromatic heterocycles. The maximum absolute atomic E-state index is 12.9. The molecule has 28 heavy (non-hydrogen) atoms. The number of nitrogens with one attached hydrogen (secondary N) is 1. The van der Waals surface area contributed by atoms with Crippen molar-refractivity contribution >= 4 is 17.5 Å². The number of amides is 2. The Labute approximate surface area is 166 Å². The van der Waals surface area contributed by atoms with Crippen molar-refractivity contribution in [3.05, 3.63) is 59.7 Å². The standard InChI is InChI=1S/C22H27N3O3/c1-3-16-28-18-10-8-17(9-11-18)21(26)23-20-7-5-4-6-19(20)22(27)25-14-12-24(2)13-15-25/h4-11H,3,12-16H2,1-2H3,(H,23,26). The number of piperazine rings is 1. The van der Waals surface area contributed by atoms with E-state index in [0.29, 0.717) is 36.5 Å². The zero-order chi connectivity index (χ0) is 19.9. The van der Waals surface area contributed by atoms with Crippen LogP contribution in [0.25, 0.3) is 0 Å². The second kappa shape index (κ2) is 9.37. The summed E-state index contributed by atoms with van der Waals surface area (Å²) in [6.07, 6.45) is 0.931. The summed E-state index contributed by atoms with van der Waals surface area (Å²) in [5.41, 5.74) is 1.57. The lowest BCUT2D eigenvalue weighted by molar-refractivity contribution is 0.0665. The maximum Gasteiger partial charge on any atom is 0.256 e. The van der Waals surface area contributed by atoms with Crippen LogP contribution in [-0.4, -0.2) is 61.4 Å². The maximum atomic E-state index is 12.9. The third kappa shape index (κ3) is 4.89. The van der Waals surface area contributed by atoms with Crippen molar-refractivity contribution < 1.29 is 14.3 Å². The highest BCUT2D eigenvalue weighted by Gasteiger charge is 2.23. The first-order valence-corrected chi connectivity index (χ1v) is 9.69. The van der Waals surface area contributed by atoms with Crippen LogP contribution in [0.4, 0.5) is 5.69 Å². The van der Waals surface area contributed by atoms with Gasteiger partial charge in [-0.3, -0.25) is 9.59 Å². The Kier molecular flexibility index (Phi) is 6.66. The molecule has 1 aliphatic heterocycles. The lowest BCUT2D eigenvalue weighted by Crippen LogP contribution is -2.47. The number of hydrogen-bond donors (Lipinski definition) is 1. The number of rotatable bonds is 6. The summed E-state index contributed by atoms with van der Waals surface area (Å²) in [4.78, 5) is 29.6. The summed E-state index contributed by atoms with van der Waals surface area (Å²) in [6, 6.07) is 14.2. The Bertz CT molecular complexity index is 812. The van der Waals surface area contributed by atoms with E-state index in [-0.39, 0.29) is 11.8 Å². The van der Waals surface area contributed by atoms with Crippen LogP contribution in [0.2, 0.25) is 0 Å². The van der Waals surface area contributed by atoms with Gasteiger partial charge in [-0.15, -0.1) is 0 Å². The third-order valence-corrected chi connectivity index (χ3v) is 4.79. The van der Waals surface area contributed by atoms with E-state index in [1.54, 1.807) is 36.4 Å². The van der Waals surface area contributed by atoms with E-state index in [9.17, 15) is 9.59 Å². The van der Waals surface area contributed by atoms with Gasteiger partial charge in [0.15, 0.2) is 0 Å². The van der Waals surface area contributed by atoms with E-state index >= 15 is 0 Å². The van der Waals surface area contributed by atoms with Crippen molar-refractivity contribution in [3.8, 4) is 5.75 Å². The summed E-state index contributed by atoms with van der Waals surface area (Å²) < 4.78 is 5.55. The van der Waals surface area contributed by atoms with Crippen LogP contribution in [0.15, 0.2) is 48.5 Å². The van der Waals surface area contributed by atoms with Crippen molar-refractivity contribution in [2.24, 2.45) is 0 Å². The van der Waals surface area contributed by atoms with Gasteiger partial charge in [0.1, 0.15) is 5.75 Å². The largest absolute Gasteiger partial charge is 0.494 e. The predicted octanol–water partition coefficient (Wildman–Crippen LogP) is 3.12. The summed E-state index contributed by atoms with van der Waals surface area (Å²) in [6.45, 7) is 5.78. The normalized spacial score (nSPS) is 14.6. The molecule has 1 saturated heterocycles. The molecule has 0 unspecified atom stereocenters. The monoisotopic (exact) mass is 381 g/mol. The van der Waals surface area contributed by atoms with E-state index in [1.807, 2.05) is 24.0 Å². The number of nitrogens with zero attached hydrogens (tertiary/aromatic N) is 2. The molecule has 2 aromatic carbocycles. The lowest BCUT2D eigenvalue weighted by Gasteiger charge is -2.32. The van der Waals surface area contributed by atoms with Crippen molar-refractivity contribution in [3.63, 3.8) is 0 Å². The van der Waals surface area contributed by atoms with Gasteiger partial charge >= 0.3 is 0 Å². The van der Waals surface area contributed by atoms with Crippen LogP contribution in [0.1, 0.15) is 34.1 Å². The van der Waals surface area contributed by atoms with Crippen LogP contribution >= 0.6 is 0 Å². The number of carbonyl (C=O) groups excluding carboxylic acids is 2. The molecule has 0 radical (unpaired) electrons. The minimum absolute atomic E-state index is 0.0488. The number of anilines is 1. The van der Waals surface area contributed by atoms with Gasteiger partial charge in [-0.25, -0.2) is 0 Å². The number of ether oxygens (including phenoxy) is 1. The third-order valence-electron chi connectivity index (χ3n) is 4.79. The number of hydrogen-bond acceptors (Lipinski definition) is 4. The molecule has 6 nitrogen and oxygen atoms in total. The second-order valence-corrected chi connectivity index (χ2v) is 6.97. The molecule has 3 rings (SSSR count). The molecule has 0 aliphatic carbocycles. The van der Waals surface area contributed by atoms with Crippen LogP contribution in [0.3, 0.4) is 0 Å². The van der Waals surface area contributed by atoms with E-state index < -0.39 is 0 Å². The van der Waals surface area contributed by atoms with E-state index in [2.05, 4.69) is 17.3 Å². The van der Waals surface area contributed by atoms with Gasteiger partial charge in [0.2, 0.25) is 0 Å².